The molecule has 0 aromatic heterocycles. The third-order valence-electron chi connectivity index (χ3n) is 3.71. The van der Waals surface area contributed by atoms with E-state index in [9.17, 15) is 14.4 Å². The molecule has 1 aliphatic rings. The van der Waals surface area contributed by atoms with Crippen LogP contribution in [0.4, 0.5) is 10.5 Å². The minimum Gasteiger partial charge on any atom is -0.273 e. The van der Waals surface area contributed by atoms with E-state index in [1.807, 2.05) is 43.3 Å². The first-order valence-corrected chi connectivity index (χ1v) is 7.76. The third-order valence-corrected chi connectivity index (χ3v) is 3.71. The van der Waals surface area contributed by atoms with Gasteiger partial charge in [0.2, 0.25) is 0 Å². The number of imide groups is 2. The first kappa shape index (κ1) is 16.4. The number of allylic oxidation sites excluding steroid dienone is 2. The van der Waals surface area contributed by atoms with Crippen LogP contribution in [0.2, 0.25) is 0 Å². The number of anilines is 1. The van der Waals surface area contributed by atoms with Gasteiger partial charge in [-0.3, -0.25) is 14.9 Å². The molecule has 0 saturated carbocycles. The highest BCUT2D eigenvalue weighted by Crippen LogP contribution is 2.21. The smallest absolute Gasteiger partial charge is 0.273 e. The number of aryl methyl sites for hydroxylation is 1. The first-order valence-electron chi connectivity index (χ1n) is 7.76. The Labute approximate surface area is 145 Å². The number of hydrogen-bond donors (Lipinski definition) is 1. The van der Waals surface area contributed by atoms with Crippen molar-refractivity contribution in [1.29, 1.82) is 0 Å². The van der Waals surface area contributed by atoms with Crippen LogP contribution in [0.15, 0.2) is 72.3 Å². The van der Waals surface area contributed by atoms with Crippen molar-refractivity contribution in [2.75, 3.05) is 4.90 Å². The second-order valence-electron chi connectivity index (χ2n) is 5.59. The zero-order valence-corrected chi connectivity index (χ0v) is 13.6. The Morgan fingerprint density at radius 1 is 0.960 bits per heavy atom. The highest BCUT2D eigenvalue weighted by Gasteiger charge is 2.36. The second kappa shape index (κ2) is 6.97. The van der Waals surface area contributed by atoms with Gasteiger partial charge in [0.25, 0.3) is 11.8 Å². The van der Waals surface area contributed by atoms with Crippen molar-refractivity contribution in [3.63, 3.8) is 0 Å². The van der Waals surface area contributed by atoms with E-state index in [4.69, 9.17) is 0 Å². The Hall–Kier alpha value is -3.47. The number of barbiturate groups is 1. The fraction of sp³-hybridized carbons (Fsp3) is 0.0500. The second-order valence-corrected chi connectivity index (χ2v) is 5.59. The summed E-state index contributed by atoms with van der Waals surface area (Å²) in [5.41, 5.74) is 2.18. The number of benzene rings is 2. The number of carbonyl (C=O) groups is 3. The predicted octanol–water partition coefficient (Wildman–Crippen LogP) is 3.22. The standard InChI is InChI=1S/C20H16N2O3/c1-14-7-5-11-16(13-14)22-19(24)17(18(23)21-20(22)25)12-6-10-15-8-3-2-4-9-15/h2-13H,1H3,(H,21,23,25). The van der Waals surface area contributed by atoms with Crippen molar-refractivity contribution in [3.05, 3.63) is 83.4 Å². The van der Waals surface area contributed by atoms with E-state index in [1.54, 1.807) is 30.4 Å². The summed E-state index contributed by atoms with van der Waals surface area (Å²) in [6.45, 7) is 1.86. The van der Waals surface area contributed by atoms with Crippen molar-refractivity contribution in [2.45, 2.75) is 6.92 Å². The van der Waals surface area contributed by atoms with Crippen LogP contribution < -0.4 is 10.2 Å². The van der Waals surface area contributed by atoms with Gasteiger partial charge in [-0.2, -0.15) is 0 Å². The maximum Gasteiger partial charge on any atom is 0.335 e. The van der Waals surface area contributed by atoms with Crippen molar-refractivity contribution in [2.24, 2.45) is 0 Å². The first-order chi connectivity index (χ1) is 12.1. The Kier molecular flexibility index (Phi) is 4.57. The van der Waals surface area contributed by atoms with Crippen LogP contribution in [0.3, 0.4) is 0 Å². The number of rotatable bonds is 3. The van der Waals surface area contributed by atoms with Crippen LogP contribution in [-0.4, -0.2) is 17.8 Å². The minimum atomic E-state index is -0.746. The van der Waals surface area contributed by atoms with Crippen LogP contribution >= 0.6 is 0 Å². The normalized spacial score (nSPS) is 16.6. The number of urea groups is 1. The van der Waals surface area contributed by atoms with Gasteiger partial charge in [-0.25, -0.2) is 9.69 Å². The van der Waals surface area contributed by atoms with Gasteiger partial charge in [-0.1, -0.05) is 54.6 Å². The molecule has 1 fully saturated rings. The molecule has 4 amide bonds. The summed E-state index contributed by atoms with van der Waals surface area (Å²) in [4.78, 5) is 37.7. The van der Waals surface area contributed by atoms with Crippen molar-refractivity contribution in [3.8, 4) is 0 Å². The summed E-state index contributed by atoms with van der Waals surface area (Å²) >= 11 is 0. The Morgan fingerprint density at radius 2 is 1.72 bits per heavy atom. The maximum atomic E-state index is 12.6. The molecule has 2 aromatic carbocycles. The van der Waals surface area contributed by atoms with E-state index in [2.05, 4.69) is 5.32 Å². The van der Waals surface area contributed by atoms with Gasteiger partial charge in [0.1, 0.15) is 5.57 Å². The molecule has 0 spiro atoms. The lowest BCUT2D eigenvalue weighted by Crippen LogP contribution is -2.54. The summed E-state index contributed by atoms with van der Waals surface area (Å²) in [6, 6.07) is 15.7. The fourth-order valence-corrected chi connectivity index (χ4v) is 2.50. The van der Waals surface area contributed by atoms with Crippen LogP contribution in [0.1, 0.15) is 11.1 Å². The molecule has 124 valence electrons. The molecule has 3 rings (SSSR count). The zero-order valence-electron chi connectivity index (χ0n) is 13.6. The van der Waals surface area contributed by atoms with E-state index in [1.165, 1.54) is 6.08 Å². The van der Waals surface area contributed by atoms with E-state index in [0.29, 0.717) is 5.69 Å². The van der Waals surface area contributed by atoms with E-state index >= 15 is 0 Å². The number of carbonyl (C=O) groups excluding carboxylic acids is 3. The van der Waals surface area contributed by atoms with Gasteiger partial charge in [-0.15, -0.1) is 0 Å². The lowest BCUT2D eigenvalue weighted by molar-refractivity contribution is -0.122. The largest absolute Gasteiger partial charge is 0.335 e. The molecule has 0 aliphatic carbocycles. The fourth-order valence-electron chi connectivity index (χ4n) is 2.50. The molecule has 1 saturated heterocycles. The van der Waals surface area contributed by atoms with Gasteiger partial charge >= 0.3 is 6.03 Å². The molecular weight excluding hydrogens is 316 g/mol. The van der Waals surface area contributed by atoms with Gasteiger partial charge < -0.3 is 0 Å². The maximum absolute atomic E-state index is 12.6. The summed E-state index contributed by atoms with van der Waals surface area (Å²) in [7, 11) is 0. The lowest BCUT2D eigenvalue weighted by Gasteiger charge is -2.26. The summed E-state index contributed by atoms with van der Waals surface area (Å²) < 4.78 is 0. The molecule has 0 radical (unpaired) electrons. The SMILES string of the molecule is Cc1cccc(N2C(=O)NC(=O)C(=CC=Cc3ccccc3)C2=O)c1. The highest BCUT2D eigenvalue weighted by atomic mass is 16.2. The molecular formula is C20H16N2O3. The third kappa shape index (κ3) is 3.55. The molecule has 5 heteroatoms. The topological polar surface area (TPSA) is 66.5 Å². The van der Waals surface area contributed by atoms with Gasteiger partial charge in [-0.05, 0) is 36.3 Å². The molecule has 2 aromatic rings. The summed E-state index contributed by atoms with van der Waals surface area (Å²) in [5, 5.41) is 2.20. The number of amides is 4. The van der Waals surface area contributed by atoms with Crippen molar-refractivity contribution >= 4 is 29.6 Å². The average molecular weight is 332 g/mol. The molecule has 1 N–H and O–H groups in total. The molecule has 1 heterocycles. The van der Waals surface area contributed by atoms with Gasteiger partial charge in [0, 0.05) is 0 Å². The van der Waals surface area contributed by atoms with Gasteiger partial charge in [0.05, 0.1) is 5.69 Å². The quantitative estimate of drug-likeness (QED) is 0.693. The zero-order chi connectivity index (χ0) is 17.8. The number of hydrogen-bond acceptors (Lipinski definition) is 3. The van der Waals surface area contributed by atoms with E-state index in [-0.39, 0.29) is 5.57 Å². The van der Waals surface area contributed by atoms with Gasteiger partial charge in [0.15, 0.2) is 0 Å². The molecule has 0 unspecified atom stereocenters. The van der Waals surface area contributed by atoms with E-state index < -0.39 is 17.8 Å². The Bertz CT molecular complexity index is 898. The molecule has 1 aliphatic heterocycles. The molecule has 5 nitrogen and oxygen atoms in total. The summed E-state index contributed by atoms with van der Waals surface area (Å²) in [5.74, 6) is -1.34. The van der Waals surface area contributed by atoms with E-state index in [0.717, 1.165) is 16.0 Å². The van der Waals surface area contributed by atoms with Crippen molar-refractivity contribution in [1.82, 2.24) is 5.32 Å². The predicted molar refractivity (Wildman–Crippen MR) is 95.8 cm³/mol. The minimum absolute atomic E-state index is 0.0895. The van der Waals surface area contributed by atoms with Crippen LogP contribution in [-0.2, 0) is 9.59 Å². The van der Waals surface area contributed by atoms with Crippen LogP contribution in [0, 0.1) is 6.92 Å². The average Bonchev–Trinajstić information content (AvgIpc) is 2.58. The molecule has 0 bridgehead atoms. The molecule has 0 atom stereocenters. The van der Waals surface area contributed by atoms with Crippen LogP contribution in [0.5, 0.6) is 0 Å². The number of nitrogens with zero attached hydrogens (tertiary/aromatic N) is 1. The monoisotopic (exact) mass is 332 g/mol. The number of nitrogens with one attached hydrogen (secondary N) is 1. The highest BCUT2D eigenvalue weighted by molar-refractivity contribution is 6.37. The lowest BCUT2D eigenvalue weighted by atomic mass is 10.1. The van der Waals surface area contributed by atoms with Crippen molar-refractivity contribution < 1.29 is 14.4 Å². The Balaban J connectivity index is 1.90. The molecule has 25 heavy (non-hydrogen) atoms. The Morgan fingerprint density at radius 3 is 2.44 bits per heavy atom. The van der Waals surface area contributed by atoms with Crippen LogP contribution in [0.25, 0.3) is 6.08 Å². The summed E-state index contributed by atoms with van der Waals surface area (Å²) in [6.07, 6.45) is 4.81.